The van der Waals surface area contributed by atoms with E-state index in [1.54, 1.807) is 0 Å². The number of allylic oxidation sites excluding steroid dienone is 2. The predicted molar refractivity (Wildman–Crippen MR) is 97.0 cm³/mol. The molecule has 0 amide bonds. The van der Waals surface area contributed by atoms with E-state index in [-0.39, 0.29) is 6.04 Å². The summed E-state index contributed by atoms with van der Waals surface area (Å²) in [5, 5.41) is 4.92. The number of fused-ring (bicyclic) bond motifs is 3. The SMILES string of the molecule is Clc1ccc([C@@H]2Nc3ccc(Br)cc3[C@@H]3C=CC[C@@H]32)cc1Cl. The third-order valence-corrected chi connectivity index (χ3v) is 5.86. The van der Waals surface area contributed by atoms with Gasteiger partial charge >= 0.3 is 0 Å². The first-order valence-corrected chi connectivity index (χ1v) is 8.86. The van der Waals surface area contributed by atoms with Gasteiger partial charge in [-0.3, -0.25) is 0 Å². The molecule has 0 fully saturated rings. The van der Waals surface area contributed by atoms with Gasteiger partial charge in [-0.15, -0.1) is 0 Å². The summed E-state index contributed by atoms with van der Waals surface area (Å²) in [5.41, 5.74) is 3.76. The van der Waals surface area contributed by atoms with Crippen molar-refractivity contribution in [2.24, 2.45) is 5.92 Å². The highest BCUT2D eigenvalue weighted by Gasteiger charge is 2.37. The van der Waals surface area contributed by atoms with E-state index < -0.39 is 0 Å². The molecular formula is C18H14BrCl2N. The second-order valence-electron chi connectivity index (χ2n) is 5.88. The van der Waals surface area contributed by atoms with Crippen molar-refractivity contribution in [1.29, 1.82) is 0 Å². The van der Waals surface area contributed by atoms with Crippen LogP contribution in [-0.4, -0.2) is 0 Å². The highest BCUT2D eigenvalue weighted by Crippen LogP contribution is 2.50. The van der Waals surface area contributed by atoms with Crippen LogP contribution in [-0.2, 0) is 0 Å². The first kappa shape index (κ1) is 14.6. The number of halogens is 3. The van der Waals surface area contributed by atoms with Gasteiger partial charge in [0.15, 0.2) is 0 Å². The maximum Gasteiger partial charge on any atom is 0.0595 e. The maximum atomic E-state index is 6.22. The van der Waals surface area contributed by atoms with E-state index in [4.69, 9.17) is 23.2 Å². The molecule has 0 aromatic heterocycles. The van der Waals surface area contributed by atoms with Crippen LogP contribution in [0.5, 0.6) is 0 Å². The molecular weight excluding hydrogens is 381 g/mol. The Labute approximate surface area is 148 Å². The van der Waals surface area contributed by atoms with Crippen molar-refractivity contribution in [3.8, 4) is 0 Å². The third kappa shape index (κ3) is 2.38. The second kappa shape index (κ2) is 5.59. The number of benzene rings is 2. The van der Waals surface area contributed by atoms with Crippen molar-refractivity contribution in [1.82, 2.24) is 0 Å². The third-order valence-electron chi connectivity index (χ3n) is 4.63. The zero-order valence-electron chi connectivity index (χ0n) is 11.7. The molecule has 2 aromatic rings. The van der Waals surface area contributed by atoms with E-state index in [9.17, 15) is 0 Å². The number of nitrogens with one attached hydrogen (secondary N) is 1. The van der Waals surface area contributed by atoms with Gasteiger partial charge in [0, 0.05) is 16.1 Å². The lowest BCUT2D eigenvalue weighted by Gasteiger charge is -2.37. The van der Waals surface area contributed by atoms with Gasteiger partial charge in [0.05, 0.1) is 16.1 Å². The van der Waals surface area contributed by atoms with Crippen LogP contribution in [0, 0.1) is 5.92 Å². The molecule has 1 heterocycles. The molecule has 0 saturated carbocycles. The van der Waals surface area contributed by atoms with Crippen LogP contribution in [0.3, 0.4) is 0 Å². The van der Waals surface area contributed by atoms with Crippen LogP contribution in [0.2, 0.25) is 10.0 Å². The smallest absolute Gasteiger partial charge is 0.0595 e. The molecule has 22 heavy (non-hydrogen) atoms. The Kier molecular flexibility index (Phi) is 3.72. The molecule has 2 aromatic carbocycles. The monoisotopic (exact) mass is 393 g/mol. The van der Waals surface area contributed by atoms with Crippen LogP contribution in [0.4, 0.5) is 5.69 Å². The van der Waals surface area contributed by atoms with Crippen LogP contribution < -0.4 is 5.32 Å². The Hall–Kier alpha value is -0.960. The zero-order valence-corrected chi connectivity index (χ0v) is 14.8. The van der Waals surface area contributed by atoms with Crippen LogP contribution >= 0.6 is 39.1 Å². The Bertz CT molecular complexity index is 772. The maximum absolute atomic E-state index is 6.22. The van der Waals surface area contributed by atoms with E-state index in [1.165, 1.54) is 16.8 Å². The number of hydrogen-bond acceptors (Lipinski definition) is 1. The first-order valence-electron chi connectivity index (χ1n) is 7.31. The van der Waals surface area contributed by atoms with Crippen molar-refractivity contribution >= 4 is 44.8 Å². The lowest BCUT2D eigenvalue weighted by molar-refractivity contribution is 0.425. The van der Waals surface area contributed by atoms with Gasteiger partial charge in [0.2, 0.25) is 0 Å². The average Bonchev–Trinajstić information content (AvgIpc) is 2.99. The van der Waals surface area contributed by atoms with E-state index in [1.807, 2.05) is 12.1 Å². The Morgan fingerprint density at radius 1 is 1.05 bits per heavy atom. The molecule has 4 rings (SSSR count). The normalized spacial score (nSPS) is 25.5. The molecule has 1 aliphatic heterocycles. The molecule has 0 radical (unpaired) electrons. The lowest BCUT2D eigenvalue weighted by atomic mass is 9.77. The Morgan fingerprint density at radius 3 is 2.73 bits per heavy atom. The minimum atomic E-state index is 0.253. The number of rotatable bonds is 1. The minimum absolute atomic E-state index is 0.253. The van der Waals surface area contributed by atoms with Gasteiger partial charge in [-0.25, -0.2) is 0 Å². The minimum Gasteiger partial charge on any atom is -0.378 e. The van der Waals surface area contributed by atoms with Crippen molar-refractivity contribution in [2.75, 3.05) is 5.32 Å². The molecule has 3 atom stereocenters. The summed E-state index contributed by atoms with van der Waals surface area (Å²) >= 11 is 15.9. The number of anilines is 1. The van der Waals surface area contributed by atoms with Gasteiger partial charge in [-0.05, 0) is 53.8 Å². The fraction of sp³-hybridized carbons (Fsp3) is 0.222. The van der Waals surface area contributed by atoms with Gasteiger partial charge in [0.1, 0.15) is 0 Å². The van der Waals surface area contributed by atoms with E-state index in [0.717, 1.165) is 10.9 Å². The molecule has 0 bridgehead atoms. The van der Waals surface area contributed by atoms with Crippen molar-refractivity contribution < 1.29 is 0 Å². The summed E-state index contributed by atoms with van der Waals surface area (Å²) < 4.78 is 1.13. The molecule has 4 heteroatoms. The largest absolute Gasteiger partial charge is 0.378 e. The highest BCUT2D eigenvalue weighted by atomic mass is 79.9. The summed E-state index contributed by atoms with van der Waals surface area (Å²) in [5.74, 6) is 0.965. The molecule has 0 unspecified atom stereocenters. The predicted octanol–water partition coefficient (Wildman–Crippen LogP) is 6.58. The topological polar surface area (TPSA) is 12.0 Å². The fourth-order valence-corrected chi connectivity index (χ4v) is 4.29. The Balaban J connectivity index is 1.79. The van der Waals surface area contributed by atoms with Crippen molar-refractivity contribution in [3.05, 3.63) is 74.2 Å². The average molecular weight is 395 g/mol. The Morgan fingerprint density at radius 2 is 1.91 bits per heavy atom. The zero-order chi connectivity index (χ0) is 15.3. The second-order valence-corrected chi connectivity index (χ2v) is 7.61. The summed E-state index contributed by atoms with van der Waals surface area (Å²) in [4.78, 5) is 0. The molecule has 1 N–H and O–H groups in total. The summed E-state index contributed by atoms with van der Waals surface area (Å²) in [7, 11) is 0. The van der Waals surface area contributed by atoms with E-state index in [2.05, 4.69) is 57.7 Å². The molecule has 0 saturated heterocycles. The molecule has 1 nitrogen and oxygen atoms in total. The highest BCUT2D eigenvalue weighted by molar-refractivity contribution is 9.10. The molecule has 112 valence electrons. The van der Waals surface area contributed by atoms with Crippen LogP contribution in [0.25, 0.3) is 0 Å². The van der Waals surface area contributed by atoms with E-state index >= 15 is 0 Å². The lowest BCUT2D eigenvalue weighted by Crippen LogP contribution is -2.29. The van der Waals surface area contributed by atoms with Crippen LogP contribution in [0.1, 0.15) is 29.5 Å². The quantitative estimate of drug-likeness (QED) is 0.538. The molecule has 0 spiro atoms. The van der Waals surface area contributed by atoms with Crippen molar-refractivity contribution in [3.63, 3.8) is 0 Å². The summed E-state index contributed by atoms with van der Waals surface area (Å²) in [6, 6.07) is 12.6. The fourth-order valence-electron chi connectivity index (χ4n) is 3.60. The van der Waals surface area contributed by atoms with Gasteiger partial charge in [0.25, 0.3) is 0 Å². The summed E-state index contributed by atoms with van der Waals surface area (Å²) in [6.45, 7) is 0. The van der Waals surface area contributed by atoms with Crippen LogP contribution in [0.15, 0.2) is 53.0 Å². The first-order chi connectivity index (χ1) is 10.6. The van der Waals surface area contributed by atoms with Crippen molar-refractivity contribution in [2.45, 2.75) is 18.4 Å². The van der Waals surface area contributed by atoms with Gasteiger partial charge < -0.3 is 5.32 Å². The van der Waals surface area contributed by atoms with Gasteiger partial charge in [-0.1, -0.05) is 57.4 Å². The standard InChI is InChI=1S/C18H14BrCl2N/c19-11-5-7-17-14(9-11)12-2-1-3-13(12)18(22-17)10-4-6-15(20)16(21)8-10/h1-2,4-9,12-13,18,22H,3H2/t12-,13+,18+/m1/s1. The van der Waals surface area contributed by atoms with Gasteiger partial charge in [-0.2, -0.15) is 0 Å². The molecule has 1 aliphatic carbocycles. The number of hydrogen-bond donors (Lipinski definition) is 1. The van der Waals surface area contributed by atoms with E-state index in [0.29, 0.717) is 21.9 Å². The summed E-state index contributed by atoms with van der Waals surface area (Å²) in [6.07, 6.45) is 5.70. The molecule has 2 aliphatic rings.